The van der Waals surface area contributed by atoms with Crippen molar-refractivity contribution in [2.45, 2.75) is 26.7 Å². The summed E-state index contributed by atoms with van der Waals surface area (Å²) in [5, 5.41) is 9.96. The predicted molar refractivity (Wildman–Crippen MR) is 83.9 cm³/mol. The number of urea groups is 1. The van der Waals surface area contributed by atoms with Gasteiger partial charge < -0.3 is 19.9 Å². The maximum atomic E-state index is 12.2. The van der Waals surface area contributed by atoms with Gasteiger partial charge in [-0.05, 0) is 19.1 Å². The first-order valence-corrected chi connectivity index (χ1v) is 7.44. The third-order valence-electron chi connectivity index (χ3n) is 3.49. The number of carbonyl (C=O) groups is 1. The normalized spacial score (nSPS) is 12.7. The maximum absolute atomic E-state index is 12.2. The molecule has 0 spiro atoms. The van der Waals surface area contributed by atoms with Crippen LogP contribution in [0.1, 0.15) is 23.9 Å². The number of anilines is 2. The Morgan fingerprint density at radius 3 is 3.00 bits per heavy atom. The van der Waals surface area contributed by atoms with Crippen LogP contribution in [0.25, 0.3) is 0 Å². The van der Waals surface area contributed by atoms with Gasteiger partial charge in [-0.25, -0.2) is 4.79 Å². The van der Waals surface area contributed by atoms with Crippen molar-refractivity contribution in [3.63, 3.8) is 0 Å². The number of aryl methyl sites for hydroxylation is 2. The van der Waals surface area contributed by atoms with E-state index >= 15 is 0 Å². The van der Waals surface area contributed by atoms with Crippen LogP contribution in [0.4, 0.5) is 16.2 Å². The van der Waals surface area contributed by atoms with Gasteiger partial charge in [-0.1, -0.05) is 23.7 Å². The molecule has 0 radical (unpaired) electrons. The Balaban J connectivity index is 1.79. The van der Waals surface area contributed by atoms with Gasteiger partial charge in [-0.15, -0.1) is 0 Å². The molecule has 0 atom stereocenters. The standard InChI is InChI=1S/C15H16ClN3O3/c1-3-12-13(8(2)19-22-12)18-15(20)17-11-7-10(16)6-9-4-5-21-14(9)11/h6-7H,3-5H2,1-2H3,(H2,17,18,20). The Labute approximate surface area is 132 Å². The zero-order valence-corrected chi connectivity index (χ0v) is 13.1. The number of hydrogen-bond donors (Lipinski definition) is 2. The minimum absolute atomic E-state index is 0.388. The summed E-state index contributed by atoms with van der Waals surface area (Å²) in [5.74, 6) is 1.32. The SMILES string of the molecule is CCc1onc(C)c1NC(=O)Nc1cc(Cl)cc2c1OCC2. The zero-order valence-electron chi connectivity index (χ0n) is 12.3. The quantitative estimate of drug-likeness (QED) is 0.902. The van der Waals surface area contributed by atoms with E-state index in [0.717, 1.165) is 12.0 Å². The number of carbonyl (C=O) groups excluding carboxylic acids is 1. The monoisotopic (exact) mass is 321 g/mol. The van der Waals surface area contributed by atoms with E-state index in [1.807, 2.05) is 13.0 Å². The van der Waals surface area contributed by atoms with Gasteiger partial charge in [0.05, 0.1) is 12.3 Å². The molecule has 0 bridgehead atoms. The van der Waals surface area contributed by atoms with Crippen LogP contribution in [-0.2, 0) is 12.8 Å². The van der Waals surface area contributed by atoms with E-state index < -0.39 is 0 Å². The van der Waals surface area contributed by atoms with Crippen molar-refractivity contribution < 1.29 is 14.1 Å². The number of nitrogens with zero attached hydrogens (tertiary/aromatic N) is 1. The second-order valence-electron chi connectivity index (χ2n) is 5.04. The number of nitrogens with one attached hydrogen (secondary N) is 2. The van der Waals surface area contributed by atoms with Gasteiger partial charge in [-0.2, -0.15) is 0 Å². The van der Waals surface area contributed by atoms with E-state index in [4.69, 9.17) is 20.9 Å². The number of ether oxygens (including phenoxy) is 1. The minimum atomic E-state index is -0.388. The topological polar surface area (TPSA) is 76.4 Å². The lowest BCUT2D eigenvalue weighted by Crippen LogP contribution is -2.20. The summed E-state index contributed by atoms with van der Waals surface area (Å²) < 4.78 is 10.7. The Hall–Kier alpha value is -2.21. The van der Waals surface area contributed by atoms with Crippen molar-refractivity contribution in [1.82, 2.24) is 5.16 Å². The summed E-state index contributed by atoms with van der Waals surface area (Å²) in [7, 11) is 0. The summed E-state index contributed by atoms with van der Waals surface area (Å²) in [6, 6.07) is 3.14. The van der Waals surface area contributed by atoms with Gasteiger partial charge in [0.1, 0.15) is 17.1 Å². The van der Waals surface area contributed by atoms with Crippen molar-refractivity contribution in [3.8, 4) is 5.75 Å². The van der Waals surface area contributed by atoms with Crippen LogP contribution in [0.5, 0.6) is 5.75 Å². The van der Waals surface area contributed by atoms with Crippen LogP contribution in [0.2, 0.25) is 5.02 Å². The lowest BCUT2D eigenvalue weighted by atomic mass is 10.1. The first kappa shape index (κ1) is 14.7. The van der Waals surface area contributed by atoms with Crippen molar-refractivity contribution in [2.24, 2.45) is 0 Å². The molecular weight excluding hydrogens is 306 g/mol. The molecule has 1 aliphatic heterocycles. The fraction of sp³-hybridized carbons (Fsp3) is 0.333. The van der Waals surface area contributed by atoms with E-state index in [2.05, 4.69) is 15.8 Å². The Morgan fingerprint density at radius 1 is 1.41 bits per heavy atom. The van der Waals surface area contributed by atoms with E-state index in [9.17, 15) is 4.79 Å². The second-order valence-corrected chi connectivity index (χ2v) is 5.48. The third-order valence-corrected chi connectivity index (χ3v) is 3.71. The predicted octanol–water partition coefficient (Wildman–Crippen LogP) is 3.78. The molecule has 0 saturated heterocycles. The highest BCUT2D eigenvalue weighted by molar-refractivity contribution is 6.31. The molecule has 116 valence electrons. The van der Waals surface area contributed by atoms with Crippen molar-refractivity contribution >= 4 is 29.0 Å². The first-order chi connectivity index (χ1) is 10.6. The van der Waals surface area contributed by atoms with Crippen LogP contribution < -0.4 is 15.4 Å². The van der Waals surface area contributed by atoms with E-state index in [1.165, 1.54) is 0 Å². The average Bonchev–Trinajstić information content (AvgIpc) is 3.06. The molecule has 1 aromatic carbocycles. The van der Waals surface area contributed by atoms with Crippen molar-refractivity contribution in [2.75, 3.05) is 17.2 Å². The lowest BCUT2D eigenvalue weighted by molar-refractivity contribution is 0.262. The van der Waals surface area contributed by atoms with E-state index in [1.54, 1.807) is 13.0 Å². The summed E-state index contributed by atoms with van der Waals surface area (Å²) in [6.45, 7) is 4.30. The molecule has 2 N–H and O–H groups in total. The molecule has 2 amide bonds. The zero-order chi connectivity index (χ0) is 15.7. The minimum Gasteiger partial charge on any atom is -0.491 e. The fourth-order valence-corrected chi connectivity index (χ4v) is 2.69. The van der Waals surface area contributed by atoms with E-state index in [0.29, 0.717) is 46.6 Å². The molecular formula is C15H16ClN3O3. The summed E-state index contributed by atoms with van der Waals surface area (Å²) >= 11 is 6.08. The smallest absolute Gasteiger partial charge is 0.323 e. The van der Waals surface area contributed by atoms with Gasteiger partial charge in [0, 0.05) is 23.4 Å². The molecule has 1 aliphatic rings. The molecule has 3 rings (SSSR count). The Bertz CT molecular complexity index is 727. The molecule has 0 aliphatic carbocycles. The van der Waals surface area contributed by atoms with Crippen molar-refractivity contribution in [3.05, 3.63) is 34.2 Å². The molecule has 7 heteroatoms. The highest BCUT2D eigenvalue weighted by atomic mass is 35.5. The number of hydrogen-bond acceptors (Lipinski definition) is 4. The van der Waals surface area contributed by atoms with Gasteiger partial charge in [-0.3, -0.25) is 0 Å². The second kappa shape index (κ2) is 5.88. The largest absolute Gasteiger partial charge is 0.491 e. The Kier molecular flexibility index (Phi) is 3.94. The lowest BCUT2D eigenvalue weighted by Gasteiger charge is -2.11. The highest BCUT2D eigenvalue weighted by Gasteiger charge is 2.20. The van der Waals surface area contributed by atoms with Crippen LogP contribution in [-0.4, -0.2) is 17.8 Å². The molecule has 0 saturated carbocycles. The van der Waals surface area contributed by atoms with Gasteiger partial charge in [0.2, 0.25) is 0 Å². The molecule has 22 heavy (non-hydrogen) atoms. The van der Waals surface area contributed by atoms with Crippen LogP contribution in [0, 0.1) is 6.92 Å². The van der Waals surface area contributed by atoms with Gasteiger partial charge in [0.15, 0.2) is 5.76 Å². The number of benzene rings is 1. The number of halogens is 1. The third kappa shape index (κ3) is 2.74. The fourth-order valence-electron chi connectivity index (χ4n) is 2.45. The molecule has 6 nitrogen and oxygen atoms in total. The molecule has 2 heterocycles. The number of fused-ring (bicyclic) bond motifs is 1. The van der Waals surface area contributed by atoms with E-state index in [-0.39, 0.29) is 6.03 Å². The molecule has 0 fully saturated rings. The number of amides is 2. The summed E-state index contributed by atoms with van der Waals surface area (Å²) in [6.07, 6.45) is 1.43. The molecule has 1 aromatic heterocycles. The van der Waals surface area contributed by atoms with Crippen LogP contribution >= 0.6 is 11.6 Å². The maximum Gasteiger partial charge on any atom is 0.323 e. The van der Waals surface area contributed by atoms with Crippen LogP contribution in [0.3, 0.4) is 0 Å². The number of rotatable bonds is 3. The average molecular weight is 322 g/mol. The van der Waals surface area contributed by atoms with Crippen molar-refractivity contribution in [1.29, 1.82) is 0 Å². The summed E-state index contributed by atoms with van der Waals surface area (Å²) in [4.78, 5) is 12.2. The Morgan fingerprint density at radius 2 is 2.23 bits per heavy atom. The summed E-state index contributed by atoms with van der Waals surface area (Å²) in [5.41, 5.74) is 2.79. The highest BCUT2D eigenvalue weighted by Crippen LogP contribution is 2.36. The van der Waals surface area contributed by atoms with Gasteiger partial charge in [0.25, 0.3) is 0 Å². The molecule has 0 unspecified atom stereocenters. The van der Waals surface area contributed by atoms with Crippen LogP contribution in [0.15, 0.2) is 16.7 Å². The first-order valence-electron chi connectivity index (χ1n) is 7.07. The molecule has 2 aromatic rings. The number of aromatic nitrogens is 1. The van der Waals surface area contributed by atoms with Gasteiger partial charge >= 0.3 is 6.03 Å².